The maximum absolute atomic E-state index is 14.4. The monoisotopic (exact) mass is 817 g/mol. The molecule has 58 heavy (non-hydrogen) atoms. The first-order chi connectivity index (χ1) is 27.9. The number of imide groups is 1. The van der Waals surface area contributed by atoms with E-state index >= 15 is 0 Å². The average Bonchev–Trinajstić information content (AvgIpc) is 3.48. The van der Waals surface area contributed by atoms with Crippen LogP contribution in [-0.4, -0.2) is 65.7 Å². The minimum absolute atomic E-state index is 0.0752. The molecule has 2 fully saturated rings. The number of allylic oxidation sites excluding steroid dienone is 1. The molecule has 7 nitrogen and oxygen atoms in total. The molecule has 4 aromatic rings. The summed E-state index contributed by atoms with van der Waals surface area (Å²) in [6, 6.07) is 35.4. The Morgan fingerprint density at radius 3 is 2.05 bits per heavy atom. The number of aliphatic hydroxyl groups is 2. The van der Waals surface area contributed by atoms with Gasteiger partial charge >= 0.3 is 0 Å². The van der Waals surface area contributed by atoms with Crippen LogP contribution in [0.4, 0.5) is 0 Å². The maximum Gasteiger partial charge on any atom is 0.261 e. The molecule has 1 saturated heterocycles. The Kier molecular flexibility index (Phi) is 12.9. The Morgan fingerprint density at radius 2 is 1.48 bits per heavy atom. The molecule has 0 spiro atoms. The lowest BCUT2D eigenvalue weighted by Crippen LogP contribution is -2.66. The van der Waals surface area contributed by atoms with Gasteiger partial charge in [-0.3, -0.25) is 14.5 Å². The molecule has 2 aliphatic carbocycles. The molecule has 304 valence electrons. The summed E-state index contributed by atoms with van der Waals surface area (Å²) in [6.07, 6.45) is 6.61. The van der Waals surface area contributed by atoms with Crippen molar-refractivity contribution in [1.29, 1.82) is 0 Å². The lowest BCUT2D eigenvalue weighted by Gasteiger charge is -2.44. The highest BCUT2D eigenvalue weighted by atomic mass is 35.5. The van der Waals surface area contributed by atoms with Gasteiger partial charge in [0.1, 0.15) is 5.75 Å². The Bertz CT molecular complexity index is 2090. The summed E-state index contributed by atoms with van der Waals surface area (Å²) < 4.78 is 7.46. The van der Waals surface area contributed by atoms with Crippen LogP contribution in [-0.2, 0) is 14.0 Å². The van der Waals surface area contributed by atoms with E-state index in [1.807, 2.05) is 72.8 Å². The fourth-order valence-corrected chi connectivity index (χ4v) is 14.8. The van der Waals surface area contributed by atoms with Crippen molar-refractivity contribution < 1.29 is 29.3 Å². The van der Waals surface area contributed by atoms with Gasteiger partial charge in [-0.15, -0.1) is 0 Å². The minimum Gasteiger partial charge on any atom is -0.508 e. The van der Waals surface area contributed by atoms with Crippen LogP contribution in [0.3, 0.4) is 0 Å². The smallest absolute Gasteiger partial charge is 0.261 e. The number of aliphatic hydroxyl groups excluding tert-OH is 2. The second kappa shape index (κ2) is 17.9. The van der Waals surface area contributed by atoms with Crippen LogP contribution in [0.25, 0.3) is 11.6 Å². The predicted octanol–water partition coefficient (Wildman–Crippen LogP) is 8.55. The predicted molar refractivity (Wildman–Crippen MR) is 234 cm³/mol. The van der Waals surface area contributed by atoms with E-state index in [2.05, 4.69) is 45.0 Å². The van der Waals surface area contributed by atoms with Crippen LogP contribution in [0.5, 0.6) is 5.75 Å². The number of hydrogen-bond acceptors (Lipinski definition) is 6. The second-order valence-corrected chi connectivity index (χ2v) is 22.0. The topological polar surface area (TPSA) is 107 Å². The third-order valence-corrected chi connectivity index (χ3v) is 18.0. The third-order valence-electron chi connectivity index (χ3n) is 12.7. The van der Waals surface area contributed by atoms with Crippen molar-refractivity contribution in [3.63, 3.8) is 0 Å². The third kappa shape index (κ3) is 8.27. The zero-order chi connectivity index (χ0) is 41.0. The highest BCUT2D eigenvalue weighted by Gasteiger charge is 2.57. The first kappa shape index (κ1) is 41.8. The number of nitrogens with zero attached hydrogens (tertiary/aromatic N) is 1. The number of amides is 2. The number of aromatic hydroxyl groups is 1. The van der Waals surface area contributed by atoms with Crippen molar-refractivity contribution in [2.45, 2.75) is 89.3 Å². The number of benzene rings is 4. The number of phenols is 1. The summed E-state index contributed by atoms with van der Waals surface area (Å²) in [7, 11) is -3.05. The zero-order valence-corrected chi connectivity index (χ0v) is 35.6. The standard InChI is InChI=1S/C49H56ClNO6Si/c1-49(2,3)58(39-20-12-6-13-21-39,40-22-14-7-15-23-40)57-32-36-29-41-46(48(56)51(47(41)55)37-18-10-5-11-19-37)42(31-52)45(36)44(54)27-25-34(33-16-8-4-9-17-33)28-35-24-26-38(53)30-43(35)50/h4,6-9,12-17,20-24,26,28,30,37,41-42,44,46,52-54H,5,10-11,18-19,25,27,29,31-32H2,1-3H3/b34-28-/t41-,42+,44-,46-/m1/s1. The summed E-state index contributed by atoms with van der Waals surface area (Å²) >= 11 is 6.58. The quantitative estimate of drug-likeness (QED) is 0.0541. The number of likely N-dealkylation sites (tertiary alicyclic amines) is 1. The number of halogens is 1. The molecule has 0 radical (unpaired) electrons. The SMILES string of the molecule is CC(C)(C)[Si](OCC1=C([C@H](O)CC/C(=C/c2ccc(O)cc2Cl)c2ccccc2)[C@H](CO)[C@@H]2C(=O)N(C3CCCCC3)C(=O)[C@@H]2C1)(c1ccccc1)c1ccccc1. The van der Waals surface area contributed by atoms with Gasteiger partial charge in [-0.25, -0.2) is 0 Å². The molecule has 1 saturated carbocycles. The van der Waals surface area contributed by atoms with Crippen molar-refractivity contribution in [1.82, 2.24) is 4.90 Å². The van der Waals surface area contributed by atoms with Crippen molar-refractivity contribution in [2.75, 3.05) is 13.2 Å². The molecule has 0 aromatic heterocycles. The van der Waals surface area contributed by atoms with Gasteiger partial charge in [0.25, 0.3) is 8.32 Å². The van der Waals surface area contributed by atoms with Crippen LogP contribution in [0.15, 0.2) is 120 Å². The molecule has 0 bridgehead atoms. The van der Waals surface area contributed by atoms with E-state index in [-0.39, 0.29) is 54.7 Å². The average molecular weight is 819 g/mol. The van der Waals surface area contributed by atoms with Gasteiger partial charge in [-0.2, -0.15) is 0 Å². The van der Waals surface area contributed by atoms with E-state index in [9.17, 15) is 24.9 Å². The molecule has 4 aromatic carbocycles. The Balaban J connectivity index is 1.30. The van der Waals surface area contributed by atoms with Crippen LogP contribution < -0.4 is 10.4 Å². The van der Waals surface area contributed by atoms with E-state index in [1.54, 1.807) is 12.1 Å². The minimum atomic E-state index is -3.05. The molecule has 4 atom stereocenters. The lowest BCUT2D eigenvalue weighted by molar-refractivity contribution is -0.143. The highest BCUT2D eigenvalue weighted by molar-refractivity contribution is 6.99. The number of hydrogen-bond donors (Lipinski definition) is 3. The van der Waals surface area contributed by atoms with Gasteiger partial charge in [0, 0.05) is 12.0 Å². The molecule has 1 heterocycles. The lowest BCUT2D eigenvalue weighted by atomic mass is 9.68. The van der Waals surface area contributed by atoms with Crippen LogP contribution >= 0.6 is 11.6 Å². The maximum atomic E-state index is 14.4. The van der Waals surface area contributed by atoms with Crippen LogP contribution in [0.2, 0.25) is 10.1 Å². The number of phenolic OH excluding ortho intramolecular Hbond substituents is 1. The Hall–Kier alpha value is -4.31. The van der Waals surface area contributed by atoms with Gasteiger partial charge in [-0.05, 0) is 99.6 Å². The molecule has 0 unspecified atom stereocenters. The molecule has 3 aliphatic rings. The van der Waals surface area contributed by atoms with Gasteiger partial charge in [0.15, 0.2) is 0 Å². The Morgan fingerprint density at radius 1 is 0.879 bits per heavy atom. The Labute approximate surface area is 349 Å². The van der Waals surface area contributed by atoms with Crippen molar-refractivity contribution in [3.8, 4) is 5.75 Å². The van der Waals surface area contributed by atoms with Gasteiger partial charge in [0.05, 0.1) is 36.2 Å². The molecule has 1 aliphatic heterocycles. The largest absolute Gasteiger partial charge is 0.508 e. The van der Waals surface area contributed by atoms with Crippen molar-refractivity contribution in [3.05, 3.63) is 136 Å². The molecule has 9 heteroatoms. The summed E-state index contributed by atoms with van der Waals surface area (Å²) in [4.78, 5) is 30.4. The fraction of sp³-hybridized carbons (Fsp3) is 0.388. The number of carbonyl (C=O) groups is 2. The van der Waals surface area contributed by atoms with E-state index in [0.29, 0.717) is 17.0 Å². The molecule has 7 rings (SSSR count). The summed E-state index contributed by atoms with van der Waals surface area (Å²) in [5.41, 5.74) is 4.04. The molecular weight excluding hydrogens is 762 g/mol. The first-order valence-corrected chi connectivity index (χ1v) is 23.1. The zero-order valence-electron chi connectivity index (χ0n) is 33.8. The van der Waals surface area contributed by atoms with Crippen molar-refractivity contribution >= 4 is 53.8 Å². The van der Waals surface area contributed by atoms with E-state index in [4.69, 9.17) is 16.0 Å². The first-order valence-electron chi connectivity index (χ1n) is 20.8. The van der Waals surface area contributed by atoms with Gasteiger partial charge in [0.2, 0.25) is 11.8 Å². The van der Waals surface area contributed by atoms with E-state index in [1.165, 1.54) is 11.0 Å². The van der Waals surface area contributed by atoms with Gasteiger partial charge in [-0.1, -0.05) is 143 Å². The van der Waals surface area contributed by atoms with Crippen LogP contribution in [0.1, 0.15) is 83.3 Å². The van der Waals surface area contributed by atoms with E-state index < -0.39 is 32.2 Å². The summed E-state index contributed by atoms with van der Waals surface area (Å²) in [5, 5.41) is 36.1. The van der Waals surface area contributed by atoms with E-state index in [0.717, 1.165) is 64.8 Å². The summed E-state index contributed by atoms with van der Waals surface area (Å²) in [6.45, 7) is 6.43. The highest BCUT2D eigenvalue weighted by Crippen LogP contribution is 2.49. The number of fused-ring (bicyclic) bond motifs is 1. The summed E-state index contributed by atoms with van der Waals surface area (Å²) in [5.74, 6) is -2.42. The van der Waals surface area contributed by atoms with Crippen LogP contribution in [0, 0.1) is 17.8 Å². The molecular formula is C49H56ClNO6Si. The van der Waals surface area contributed by atoms with Crippen molar-refractivity contribution in [2.24, 2.45) is 17.8 Å². The second-order valence-electron chi connectivity index (χ2n) is 17.3. The number of rotatable bonds is 13. The normalized spacial score (nSPS) is 21.4. The number of carbonyl (C=O) groups excluding carboxylic acids is 2. The van der Waals surface area contributed by atoms with Gasteiger partial charge < -0.3 is 19.7 Å². The molecule has 2 amide bonds. The fourth-order valence-electron chi connectivity index (χ4n) is 9.99. The molecule has 3 N–H and O–H groups in total.